The highest BCUT2D eigenvalue weighted by Crippen LogP contribution is 2.34. The van der Waals surface area contributed by atoms with Crippen LogP contribution in [0.25, 0.3) is 0 Å². The second-order valence-corrected chi connectivity index (χ2v) is 10.5. The molecule has 5 nitrogen and oxygen atoms in total. The Kier molecular flexibility index (Phi) is 5.72. The minimum atomic E-state index is -4.59. The predicted octanol–water partition coefficient (Wildman–Crippen LogP) is 4.89. The monoisotopic (exact) mass is 455 g/mol. The summed E-state index contributed by atoms with van der Waals surface area (Å²) in [6.07, 6.45) is 0. The van der Waals surface area contributed by atoms with E-state index in [9.17, 15) is 16.8 Å². The first-order valence-electron chi connectivity index (χ1n) is 8.01. The first-order chi connectivity index (χ1) is 13.1. The molecule has 0 heterocycles. The summed E-state index contributed by atoms with van der Waals surface area (Å²) in [6.45, 7) is 1.80. The lowest BCUT2D eigenvalue weighted by Crippen LogP contribution is -2.37. The molecule has 0 aliphatic rings. The van der Waals surface area contributed by atoms with E-state index in [0.29, 0.717) is 3.71 Å². The van der Waals surface area contributed by atoms with Crippen LogP contribution in [-0.4, -0.2) is 16.8 Å². The molecule has 0 radical (unpaired) electrons. The average molecular weight is 456 g/mol. The van der Waals surface area contributed by atoms with E-state index in [0.717, 1.165) is 11.6 Å². The maximum Gasteiger partial charge on any atom is 0.279 e. The lowest BCUT2D eigenvalue weighted by Gasteiger charge is -2.24. The van der Waals surface area contributed by atoms with Crippen LogP contribution in [0.2, 0.25) is 10.0 Å². The number of halogens is 2. The summed E-state index contributed by atoms with van der Waals surface area (Å²) in [5.74, 6) is 0. The van der Waals surface area contributed by atoms with Crippen LogP contribution in [0.3, 0.4) is 0 Å². The Balaban J connectivity index is 2.29. The van der Waals surface area contributed by atoms with Gasteiger partial charge < -0.3 is 0 Å². The smallest absolute Gasteiger partial charge is 0.200 e. The molecule has 0 aliphatic heterocycles. The molecule has 28 heavy (non-hydrogen) atoms. The third-order valence-corrected chi connectivity index (χ3v) is 8.80. The van der Waals surface area contributed by atoms with Crippen molar-refractivity contribution in [2.24, 2.45) is 0 Å². The Morgan fingerprint density at radius 3 is 1.96 bits per heavy atom. The molecule has 0 aromatic heterocycles. The van der Waals surface area contributed by atoms with Crippen LogP contribution >= 0.6 is 23.2 Å². The fraction of sp³-hybridized carbons (Fsp3) is 0.0526. The van der Waals surface area contributed by atoms with Gasteiger partial charge in [-0.05, 0) is 49.4 Å². The normalized spacial score (nSPS) is 12.0. The van der Waals surface area contributed by atoms with E-state index in [4.69, 9.17) is 23.2 Å². The third kappa shape index (κ3) is 3.89. The number of aryl methyl sites for hydroxylation is 1. The molecule has 0 bridgehead atoms. The number of hydrogen-bond donors (Lipinski definition) is 0. The van der Waals surface area contributed by atoms with Gasteiger partial charge >= 0.3 is 0 Å². The van der Waals surface area contributed by atoms with Gasteiger partial charge in [-0.25, -0.2) is 8.42 Å². The van der Waals surface area contributed by atoms with E-state index in [1.165, 1.54) is 36.4 Å². The van der Waals surface area contributed by atoms with Crippen LogP contribution in [0.4, 0.5) is 5.69 Å². The van der Waals surface area contributed by atoms with E-state index in [2.05, 4.69) is 0 Å². The molecule has 0 unspecified atom stereocenters. The van der Waals surface area contributed by atoms with Crippen molar-refractivity contribution in [2.45, 2.75) is 16.7 Å². The maximum atomic E-state index is 13.4. The quantitative estimate of drug-likeness (QED) is 0.548. The minimum absolute atomic E-state index is 0.0425. The lowest BCUT2D eigenvalue weighted by molar-refractivity contribution is 0.584. The number of para-hydroxylation sites is 1. The molecule has 9 heteroatoms. The predicted molar refractivity (Wildman–Crippen MR) is 111 cm³/mol. The van der Waals surface area contributed by atoms with Crippen molar-refractivity contribution in [3.8, 4) is 0 Å². The molecule has 0 aliphatic carbocycles. The Morgan fingerprint density at radius 2 is 1.36 bits per heavy atom. The highest BCUT2D eigenvalue weighted by atomic mass is 35.5. The number of nitrogens with zero attached hydrogens (tertiary/aromatic N) is 1. The van der Waals surface area contributed by atoms with Crippen molar-refractivity contribution in [3.05, 3.63) is 88.4 Å². The maximum absolute atomic E-state index is 13.4. The summed E-state index contributed by atoms with van der Waals surface area (Å²) >= 11 is 12.0. The summed E-state index contributed by atoms with van der Waals surface area (Å²) in [5.41, 5.74) is 0.796. The van der Waals surface area contributed by atoms with Crippen LogP contribution < -0.4 is 3.71 Å². The molecule has 0 spiro atoms. The molecule has 3 rings (SSSR count). The first kappa shape index (κ1) is 20.7. The zero-order valence-corrected chi connectivity index (χ0v) is 17.7. The number of benzene rings is 3. The van der Waals surface area contributed by atoms with Crippen molar-refractivity contribution in [2.75, 3.05) is 3.71 Å². The number of anilines is 1. The van der Waals surface area contributed by atoms with Crippen molar-refractivity contribution >= 4 is 48.9 Å². The SMILES string of the molecule is Cc1ccc(S(=O)(=O)N(c2ccccc2)S(=O)(=O)c2cc(Cl)ccc2Cl)cc1. The molecular weight excluding hydrogens is 441 g/mol. The minimum Gasteiger partial charge on any atom is -0.200 e. The van der Waals surface area contributed by atoms with Gasteiger partial charge in [-0.3, -0.25) is 0 Å². The summed E-state index contributed by atoms with van der Waals surface area (Å²) < 4.78 is 53.8. The van der Waals surface area contributed by atoms with Crippen molar-refractivity contribution in [1.82, 2.24) is 0 Å². The van der Waals surface area contributed by atoms with Crippen LogP contribution in [0.1, 0.15) is 5.56 Å². The molecule has 0 atom stereocenters. The van der Waals surface area contributed by atoms with Gasteiger partial charge in [0.05, 0.1) is 15.6 Å². The Bertz CT molecular complexity index is 1210. The van der Waals surface area contributed by atoms with E-state index in [-0.39, 0.29) is 20.6 Å². The topological polar surface area (TPSA) is 71.5 Å². The van der Waals surface area contributed by atoms with Gasteiger partial charge in [-0.2, -0.15) is 12.1 Å². The second kappa shape index (κ2) is 7.75. The molecule has 0 N–H and O–H groups in total. The van der Waals surface area contributed by atoms with Crippen molar-refractivity contribution in [3.63, 3.8) is 0 Å². The Morgan fingerprint density at radius 1 is 0.750 bits per heavy atom. The van der Waals surface area contributed by atoms with Gasteiger partial charge in [0.1, 0.15) is 4.90 Å². The summed E-state index contributed by atoms with van der Waals surface area (Å²) in [7, 11) is -9.06. The summed E-state index contributed by atoms with van der Waals surface area (Å²) in [4.78, 5) is -0.565. The molecule has 3 aromatic rings. The van der Waals surface area contributed by atoms with E-state index in [1.807, 2.05) is 0 Å². The third-order valence-electron chi connectivity index (χ3n) is 3.89. The van der Waals surface area contributed by atoms with Crippen LogP contribution in [-0.2, 0) is 20.0 Å². The number of sulfonamides is 2. The van der Waals surface area contributed by atoms with Gasteiger partial charge in [0.15, 0.2) is 0 Å². The van der Waals surface area contributed by atoms with Gasteiger partial charge in [-0.1, -0.05) is 59.1 Å². The molecule has 146 valence electrons. The van der Waals surface area contributed by atoms with Crippen LogP contribution in [0, 0.1) is 6.92 Å². The second-order valence-electron chi connectivity index (χ2n) is 5.93. The fourth-order valence-corrected chi connectivity index (χ4v) is 6.95. The van der Waals surface area contributed by atoms with Crippen molar-refractivity contribution < 1.29 is 16.8 Å². The molecule has 0 amide bonds. The van der Waals surface area contributed by atoms with Crippen LogP contribution in [0.5, 0.6) is 0 Å². The summed E-state index contributed by atoms with van der Waals surface area (Å²) in [5, 5.41) is -0.0202. The molecule has 0 saturated carbocycles. The van der Waals surface area contributed by atoms with Gasteiger partial charge in [-0.15, -0.1) is 0 Å². The molecule has 3 aromatic carbocycles. The summed E-state index contributed by atoms with van der Waals surface area (Å²) in [6, 6.07) is 17.3. The zero-order chi connectivity index (χ0) is 20.5. The van der Waals surface area contributed by atoms with E-state index >= 15 is 0 Å². The molecular formula is C19H15Cl2NO4S2. The van der Waals surface area contributed by atoms with Crippen molar-refractivity contribution in [1.29, 1.82) is 0 Å². The fourth-order valence-electron chi connectivity index (χ4n) is 2.53. The molecule has 0 saturated heterocycles. The Hall–Kier alpha value is -2.06. The highest BCUT2D eigenvalue weighted by Gasteiger charge is 2.38. The largest absolute Gasteiger partial charge is 0.279 e. The van der Waals surface area contributed by atoms with Gasteiger partial charge in [0.25, 0.3) is 20.0 Å². The van der Waals surface area contributed by atoms with Gasteiger partial charge in [0, 0.05) is 5.02 Å². The number of rotatable bonds is 5. The zero-order valence-electron chi connectivity index (χ0n) is 14.6. The lowest BCUT2D eigenvalue weighted by atomic mass is 10.2. The van der Waals surface area contributed by atoms with E-state index in [1.54, 1.807) is 37.3 Å². The van der Waals surface area contributed by atoms with Gasteiger partial charge in [0.2, 0.25) is 0 Å². The molecule has 0 fully saturated rings. The van der Waals surface area contributed by atoms with Crippen LogP contribution in [0.15, 0.2) is 82.6 Å². The average Bonchev–Trinajstić information content (AvgIpc) is 2.64. The first-order valence-corrected chi connectivity index (χ1v) is 11.6. The highest BCUT2D eigenvalue weighted by molar-refractivity contribution is 8.10. The standard InChI is InChI=1S/C19H15Cl2NO4S2/c1-14-7-10-17(11-8-14)27(23,24)22(16-5-3-2-4-6-16)28(25,26)19-13-15(20)9-12-18(19)21/h2-13H,1H3. The Labute approximate surface area is 174 Å². The van der Waals surface area contributed by atoms with E-state index < -0.39 is 24.9 Å². The number of hydrogen-bond acceptors (Lipinski definition) is 4.